The summed E-state index contributed by atoms with van der Waals surface area (Å²) < 4.78 is 0. The highest BCUT2D eigenvalue weighted by Gasteiger charge is 2.13. The number of rotatable bonds is 6. The Kier molecular flexibility index (Phi) is 5.39. The van der Waals surface area contributed by atoms with Crippen LogP contribution in [0.25, 0.3) is 0 Å². The number of nitriles is 1. The molecule has 0 radical (unpaired) electrons. The maximum absolute atomic E-state index is 8.68. The van der Waals surface area contributed by atoms with Crippen molar-refractivity contribution in [2.24, 2.45) is 0 Å². The van der Waals surface area contributed by atoms with Crippen LogP contribution in [0.3, 0.4) is 0 Å². The molecule has 0 aromatic carbocycles. The third-order valence-corrected chi connectivity index (χ3v) is 3.56. The zero-order valence-electron chi connectivity index (χ0n) is 10.9. The summed E-state index contributed by atoms with van der Waals surface area (Å²) in [4.78, 5) is 6.62. The number of anilines is 1. The Morgan fingerprint density at radius 1 is 1.53 bits per heavy atom. The third-order valence-electron chi connectivity index (χ3n) is 2.58. The van der Waals surface area contributed by atoms with Crippen LogP contribution in [0.2, 0.25) is 0 Å². The van der Waals surface area contributed by atoms with Crippen molar-refractivity contribution in [2.75, 3.05) is 11.9 Å². The molecule has 1 rings (SSSR count). The van der Waals surface area contributed by atoms with Crippen LogP contribution in [0.1, 0.15) is 32.9 Å². The van der Waals surface area contributed by atoms with E-state index in [1.807, 2.05) is 14.0 Å². The fourth-order valence-electron chi connectivity index (χ4n) is 1.31. The van der Waals surface area contributed by atoms with Gasteiger partial charge in [0.05, 0.1) is 18.2 Å². The minimum atomic E-state index is 0.206. The molecule has 0 saturated heterocycles. The summed E-state index contributed by atoms with van der Waals surface area (Å²) in [5.74, 6) is 0. The van der Waals surface area contributed by atoms with E-state index in [1.165, 1.54) is 0 Å². The lowest BCUT2D eigenvalue weighted by Gasteiger charge is -2.21. The monoisotopic (exact) mass is 252 g/mol. The molecule has 0 saturated carbocycles. The van der Waals surface area contributed by atoms with Gasteiger partial charge in [0.15, 0.2) is 5.13 Å². The first-order valence-corrected chi connectivity index (χ1v) is 6.70. The minimum Gasteiger partial charge on any atom is -0.347 e. The summed E-state index contributed by atoms with van der Waals surface area (Å²) >= 11 is 1.63. The summed E-state index contributed by atoms with van der Waals surface area (Å²) in [6.07, 6.45) is 0.523. The number of hydrogen-bond donors (Lipinski definition) is 1. The van der Waals surface area contributed by atoms with Crippen LogP contribution >= 0.6 is 11.3 Å². The highest BCUT2D eigenvalue weighted by Crippen LogP contribution is 2.21. The van der Waals surface area contributed by atoms with Gasteiger partial charge in [-0.1, -0.05) is 13.8 Å². The summed E-state index contributed by atoms with van der Waals surface area (Å²) in [5.41, 5.74) is 1.06. The Labute approximate surface area is 107 Å². The molecule has 0 bridgehead atoms. The average molecular weight is 252 g/mol. The van der Waals surface area contributed by atoms with E-state index in [1.54, 1.807) is 11.3 Å². The van der Waals surface area contributed by atoms with E-state index >= 15 is 0 Å². The summed E-state index contributed by atoms with van der Waals surface area (Å²) in [6, 6.07) is 2.86. The van der Waals surface area contributed by atoms with Crippen molar-refractivity contribution in [1.82, 2.24) is 10.3 Å². The molecule has 1 heterocycles. The second-order valence-corrected chi connectivity index (χ2v) is 5.32. The molecular weight excluding hydrogens is 232 g/mol. The quantitative estimate of drug-likeness (QED) is 0.844. The molecule has 94 valence electrons. The number of thiazole rings is 1. The number of nitrogens with zero attached hydrogens (tertiary/aromatic N) is 3. The standard InChI is InChI=1S/C12H20N4S/c1-9(2)14-7-11-8-17-12(15-11)16(4)10(3)5-6-13/h8-10,14H,5,7H2,1-4H3. The highest BCUT2D eigenvalue weighted by molar-refractivity contribution is 7.13. The molecule has 0 aliphatic heterocycles. The largest absolute Gasteiger partial charge is 0.347 e. The van der Waals surface area contributed by atoms with Gasteiger partial charge in [-0.3, -0.25) is 0 Å². The number of hydrogen-bond acceptors (Lipinski definition) is 5. The van der Waals surface area contributed by atoms with Gasteiger partial charge >= 0.3 is 0 Å². The molecule has 1 aromatic rings. The third kappa shape index (κ3) is 4.33. The Hall–Kier alpha value is -1.12. The second-order valence-electron chi connectivity index (χ2n) is 4.48. The van der Waals surface area contributed by atoms with Gasteiger partial charge in [-0.05, 0) is 6.92 Å². The lowest BCUT2D eigenvalue weighted by molar-refractivity contribution is 0.582. The number of nitrogens with one attached hydrogen (secondary N) is 1. The van der Waals surface area contributed by atoms with Crippen LogP contribution in [0.15, 0.2) is 5.38 Å². The molecule has 4 nitrogen and oxygen atoms in total. The van der Waals surface area contributed by atoms with Gasteiger partial charge in [-0.15, -0.1) is 11.3 Å². The van der Waals surface area contributed by atoms with Gasteiger partial charge in [-0.25, -0.2) is 4.98 Å². The summed E-state index contributed by atoms with van der Waals surface area (Å²) in [6.45, 7) is 7.08. The molecule has 17 heavy (non-hydrogen) atoms. The van der Waals surface area contributed by atoms with Crippen LogP contribution in [-0.2, 0) is 6.54 Å². The minimum absolute atomic E-state index is 0.206. The maximum Gasteiger partial charge on any atom is 0.185 e. The Bertz CT molecular complexity index is 380. The fraction of sp³-hybridized carbons (Fsp3) is 0.667. The zero-order chi connectivity index (χ0) is 12.8. The molecule has 0 aliphatic carbocycles. The van der Waals surface area contributed by atoms with Crippen molar-refractivity contribution in [3.05, 3.63) is 11.1 Å². The summed E-state index contributed by atoms with van der Waals surface area (Å²) in [7, 11) is 1.99. The Morgan fingerprint density at radius 2 is 2.24 bits per heavy atom. The first kappa shape index (κ1) is 13.9. The van der Waals surface area contributed by atoms with Gasteiger partial charge in [0.2, 0.25) is 0 Å². The zero-order valence-corrected chi connectivity index (χ0v) is 11.7. The molecule has 0 aliphatic rings. The van der Waals surface area contributed by atoms with Crippen LogP contribution < -0.4 is 10.2 Å². The fourth-order valence-corrected chi connectivity index (χ4v) is 2.20. The smallest absolute Gasteiger partial charge is 0.185 e. The first-order chi connectivity index (χ1) is 8.04. The van der Waals surface area contributed by atoms with E-state index in [0.29, 0.717) is 12.5 Å². The molecule has 0 spiro atoms. The molecule has 0 fully saturated rings. The first-order valence-electron chi connectivity index (χ1n) is 5.82. The normalized spacial score (nSPS) is 12.5. The Morgan fingerprint density at radius 3 is 2.82 bits per heavy atom. The highest BCUT2D eigenvalue weighted by atomic mass is 32.1. The molecular formula is C12H20N4S. The van der Waals surface area contributed by atoms with Gasteiger partial charge in [0, 0.05) is 31.1 Å². The SMILES string of the molecule is CC(C)NCc1csc(N(C)C(C)CC#N)n1. The van der Waals surface area contributed by atoms with Crippen LogP contribution in [-0.4, -0.2) is 24.1 Å². The lowest BCUT2D eigenvalue weighted by atomic mass is 10.2. The van der Waals surface area contributed by atoms with Crippen molar-refractivity contribution in [1.29, 1.82) is 5.26 Å². The maximum atomic E-state index is 8.68. The number of aromatic nitrogens is 1. The average Bonchev–Trinajstić information content (AvgIpc) is 2.74. The van der Waals surface area contributed by atoms with Crippen LogP contribution in [0, 0.1) is 11.3 Å². The van der Waals surface area contributed by atoms with Crippen molar-refractivity contribution in [3.8, 4) is 6.07 Å². The van der Waals surface area contributed by atoms with Crippen molar-refractivity contribution in [2.45, 2.75) is 45.8 Å². The predicted octanol–water partition coefficient (Wildman–Crippen LogP) is 2.38. The van der Waals surface area contributed by atoms with E-state index in [9.17, 15) is 0 Å². The Balaban J connectivity index is 2.58. The van der Waals surface area contributed by atoms with E-state index in [0.717, 1.165) is 17.4 Å². The van der Waals surface area contributed by atoms with E-state index in [2.05, 4.69) is 40.5 Å². The van der Waals surface area contributed by atoms with Crippen LogP contribution in [0.5, 0.6) is 0 Å². The van der Waals surface area contributed by atoms with Gasteiger partial charge in [0.1, 0.15) is 0 Å². The molecule has 0 amide bonds. The van der Waals surface area contributed by atoms with E-state index in [4.69, 9.17) is 5.26 Å². The van der Waals surface area contributed by atoms with Crippen molar-refractivity contribution >= 4 is 16.5 Å². The van der Waals surface area contributed by atoms with Crippen LogP contribution in [0.4, 0.5) is 5.13 Å². The predicted molar refractivity (Wildman–Crippen MR) is 72.2 cm³/mol. The van der Waals surface area contributed by atoms with Crippen molar-refractivity contribution < 1.29 is 0 Å². The van der Waals surface area contributed by atoms with Gasteiger partial charge < -0.3 is 10.2 Å². The molecule has 5 heteroatoms. The van der Waals surface area contributed by atoms with E-state index in [-0.39, 0.29) is 6.04 Å². The van der Waals surface area contributed by atoms with Crippen molar-refractivity contribution in [3.63, 3.8) is 0 Å². The topological polar surface area (TPSA) is 52.0 Å². The lowest BCUT2D eigenvalue weighted by Crippen LogP contribution is -2.28. The van der Waals surface area contributed by atoms with Gasteiger partial charge in [0.25, 0.3) is 0 Å². The molecule has 1 N–H and O–H groups in total. The van der Waals surface area contributed by atoms with Gasteiger partial charge in [-0.2, -0.15) is 5.26 Å². The molecule has 1 unspecified atom stereocenters. The molecule has 1 atom stereocenters. The molecule has 1 aromatic heterocycles. The summed E-state index contributed by atoms with van der Waals surface area (Å²) in [5, 5.41) is 15.1. The van der Waals surface area contributed by atoms with E-state index < -0.39 is 0 Å². The second kappa shape index (κ2) is 6.58.